The lowest BCUT2D eigenvalue weighted by Crippen LogP contribution is -2.53. The number of carbonyl (C=O) groups is 2. The molecule has 0 saturated carbocycles. The lowest BCUT2D eigenvalue weighted by Gasteiger charge is -2.36. The molecule has 1 atom stereocenters. The van der Waals surface area contributed by atoms with Crippen molar-refractivity contribution in [2.75, 3.05) is 19.8 Å². The summed E-state index contributed by atoms with van der Waals surface area (Å²) in [4.78, 5) is 23.1. The largest absolute Gasteiger partial charge is 0.381 e. The molecule has 2 aliphatic rings. The predicted octanol–water partition coefficient (Wildman–Crippen LogP) is 0.198. The van der Waals surface area contributed by atoms with Gasteiger partial charge in [-0.25, -0.2) is 0 Å². The van der Waals surface area contributed by atoms with E-state index in [0.717, 1.165) is 12.8 Å². The van der Waals surface area contributed by atoms with Crippen LogP contribution in [0.5, 0.6) is 0 Å². The maximum Gasteiger partial charge on any atom is 0.225 e. The third-order valence-corrected chi connectivity index (χ3v) is 3.66. The van der Waals surface area contributed by atoms with Gasteiger partial charge in [0, 0.05) is 31.7 Å². The highest BCUT2D eigenvalue weighted by atomic mass is 16.5. The maximum atomic E-state index is 12.1. The van der Waals surface area contributed by atoms with Crippen molar-refractivity contribution in [1.82, 2.24) is 10.6 Å². The topological polar surface area (TPSA) is 67.4 Å². The molecule has 17 heavy (non-hydrogen) atoms. The third-order valence-electron chi connectivity index (χ3n) is 3.66. The van der Waals surface area contributed by atoms with Crippen molar-refractivity contribution < 1.29 is 14.3 Å². The monoisotopic (exact) mass is 240 g/mol. The Hall–Kier alpha value is -1.10. The molecule has 2 fully saturated rings. The Labute approximate surface area is 101 Å². The Morgan fingerprint density at radius 1 is 1.47 bits per heavy atom. The van der Waals surface area contributed by atoms with Crippen LogP contribution in [0.1, 0.15) is 32.6 Å². The minimum Gasteiger partial charge on any atom is -0.381 e. The van der Waals surface area contributed by atoms with Gasteiger partial charge in [0.15, 0.2) is 0 Å². The maximum absolute atomic E-state index is 12.1. The van der Waals surface area contributed by atoms with E-state index in [2.05, 4.69) is 17.6 Å². The summed E-state index contributed by atoms with van der Waals surface area (Å²) in [6, 6.07) is 0. The van der Waals surface area contributed by atoms with Crippen LogP contribution in [0.3, 0.4) is 0 Å². The van der Waals surface area contributed by atoms with Gasteiger partial charge in [-0.15, -0.1) is 0 Å². The van der Waals surface area contributed by atoms with Gasteiger partial charge in [0.2, 0.25) is 11.8 Å². The average Bonchev–Trinajstić information content (AvgIpc) is 2.30. The first-order chi connectivity index (χ1) is 8.09. The number of hydrogen-bond acceptors (Lipinski definition) is 3. The summed E-state index contributed by atoms with van der Waals surface area (Å²) in [5.74, 6) is 0.0353. The number of carbonyl (C=O) groups excluding carboxylic acids is 2. The molecule has 2 N–H and O–H groups in total. The fraction of sp³-hybridized carbons (Fsp3) is 0.833. The van der Waals surface area contributed by atoms with E-state index in [9.17, 15) is 9.59 Å². The molecule has 96 valence electrons. The van der Waals surface area contributed by atoms with Gasteiger partial charge in [0.25, 0.3) is 0 Å². The van der Waals surface area contributed by atoms with E-state index in [-0.39, 0.29) is 23.3 Å². The highest BCUT2D eigenvalue weighted by Gasteiger charge is 2.32. The van der Waals surface area contributed by atoms with Gasteiger partial charge in [-0.3, -0.25) is 9.59 Å². The van der Waals surface area contributed by atoms with E-state index in [1.54, 1.807) is 0 Å². The second-order valence-electron chi connectivity index (χ2n) is 5.20. The molecule has 1 unspecified atom stereocenters. The minimum atomic E-state index is -0.142. The van der Waals surface area contributed by atoms with Crippen molar-refractivity contribution in [3.8, 4) is 0 Å². The number of hydrogen-bond donors (Lipinski definition) is 2. The van der Waals surface area contributed by atoms with Gasteiger partial charge in [-0.2, -0.15) is 0 Å². The molecule has 2 aliphatic heterocycles. The molecule has 0 aliphatic carbocycles. The van der Waals surface area contributed by atoms with E-state index in [0.29, 0.717) is 32.6 Å². The highest BCUT2D eigenvalue weighted by Crippen LogP contribution is 2.21. The van der Waals surface area contributed by atoms with Crippen LogP contribution in [0.4, 0.5) is 0 Å². The summed E-state index contributed by atoms with van der Waals surface area (Å²) in [6.45, 7) is 3.95. The van der Waals surface area contributed by atoms with Crippen molar-refractivity contribution in [1.29, 1.82) is 0 Å². The van der Waals surface area contributed by atoms with Crippen LogP contribution in [0, 0.1) is 5.92 Å². The first-order valence-electron chi connectivity index (χ1n) is 6.25. The molecular formula is C12H20N2O3. The van der Waals surface area contributed by atoms with E-state index >= 15 is 0 Å². The zero-order chi connectivity index (χ0) is 12.3. The molecule has 0 bridgehead atoms. The van der Waals surface area contributed by atoms with Crippen LogP contribution in [0.2, 0.25) is 0 Å². The lowest BCUT2D eigenvalue weighted by atomic mass is 9.90. The number of rotatable bonds is 2. The quantitative estimate of drug-likeness (QED) is 0.724. The first-order valence-corrected chi connectivity index (χ1v) is 6.25. The van der Waals surface area contributed by atoms with Gasteiger partial charge < -0.3 is 15.4 Å². The molecule has 2 rings (SSSR count). The average molecular weight is 240 g/mol. The summed E-state index contributed by atoms with van der Waals surface area (Å²) in [5, 5.41) is 5.85. The fourth-order valence-electron chi connectivity index (χ4n) is 2.30. The van der Waals surface area contributed by atoms with Crippen LogP contribution < -0.4 is 10.6 Å². The molecule has 0 aromatic carbocycles. The molecule has 5 nitrogen and oxygen atoms in total. The van der Waals surface area contributed by atoms with Crippen LogP contribution in [-0.2, 0) is 14.3 Å². The zero-order valence-corrected chi connectivity index (χ0v) is 10.3. The Bertz CT molecular complexity index is 301. The molecule has 0 aromatic rings. The smallest absolute Gasteiger partial charge is 0.225 e. The van der Waals surface area contributed by atoms with Crippen molar-refractivity contribution in [3.63, 3.8) is 0 Å². The molecule has 0 aromatic heterocycles. The number of nitrogens with one attached hydrogen (secondary N) is 2. The normalized spacial score (nSPS) is 28.3. The number of amides is 2. The van der Waals surface area contributed by atoms with Crippen LogP contribution in [0.15, 0.2) is 0 Å². The van der Waals surface area contributed by atoms with Crippen molar-refractivity contribution in [3.05, 3.63) is 0 Å². The Morgan fingerprint density at radius 3 is 2.76 bits per heavy atom. The SMILES string of the molecule is CC1(NC(=O)C2CCC(=O)NC2)CCOCC1. The van der Waals surface area contributed by atoms with Gasteiger partial charge in [0.1, 0.15) is 0 Å². The number of piperidine rings is 1. The minimum absolute atomic E-state index is 0.0475. The summed E-state index contributed by atoms with van der Waals surface area (Å²) in [5.41, 5.74) is -0.142. The lowest BCUT2D eigenvalue weighted by molar-refractivity contribution is -0.131. The molecule has 2 saturated heterocycles. The Kier molecular flexibility index (Phi) is 3.66. The number of ether oxygens (including phenoxy) is 1. The van der Waals surface area contributed by atoms with Crippen molar-refractivity contribution >= 4 is 11.8 Å². The third kappa shape index (κ3) is 3.19. The van der Waals surface area contributed by atoms with Gasteiger partial charge in [-0.1, -0.05) is 0 Å². The van der Waals surface area contributed by atoms with E-state index in [1.807, 2.05) is 0 Å². The second-order valence-corrected chi connectivity index (χ2v) is 5.20. The van der Waals surface area contributed by atoms with Crippen LogP contribution in [-0.4, -0.2) is 37.1 Å². The molecule has 2 heterocycles. The van der Waals surface area contributed by atoms with E-state index in [1.165, 1.54) is 0 Å². The predicted molar refractivity (Wildman–Crippen MR) is 62.3 cm³/mol. The van der Waals surface area contributed by atoms with Gasteiger partial charge in [-0.05, 0) is 26.2 Å². The molecule has 0 radical (unpaired) electrons. The summed E-state index contributed by atoms with van der Waals surface area (Å²) in [6.07, 6.45) is 2.83. The standard InChI is InChI=1S/C12H20N2O3/c1-12(4-6-17-7-5-12)14-11(16)9-2-3-10(15)13-8-9/h9H,2-8H2,1H3,(H,13,15)(H,14,16). The van der Waals surface area contributed by atoms with E-state index in [4.69, 9.17) is 4.74 Å². The summed E-state index contributed by atoms with van der Waals surface area (Å²) < 4.78 is 5.30. The molecule has 2 amide bonds. The first kappa shape index (κ1) is 12.4. The summed E-state index contributed by atoms with van der Waals surface area (Å²) in [7, 11) is 0. The fourth-order valence-corrected chi connectivity index (χ4v) is 2.30. The van der Waals surface area contributed by atoms with Crippen LogP contribution in [0.25, 0.3) is 0 Å². The van der Waals surface area contributed by atoms with Gasteiger partial charge in [0.05, 0.1) is 5.92 Å². The van der Waals surface area contributed by atoms with Crippen molar-refractivity contribution in [2.45, 2.75) is 38.1 Å². The Morgan fingerprint density at radius 2 is 2.18 bits per heavy atom. The van der Waals surface area contributed by atoms with Crippen molar-refractivity contribution in [2.24, 2.45) is 5.92 Å². The zero-order valence-electron chi connectivity index (χ0n) is 10.3. The molecular weight excluding hydrogens is 220 g/mol. The highest BCUT2D eigenvalue weighted by molar-refractivity contribution is 5.84. The molecule has 0 spiro atoms. The van der Waals surface area contributed by atoms with Crippen LogP contribution >= 0.6 is 0 Å². The van der Waals surface area contributed by atoms with Gasteiger partial charge >= 0.3 is 0 Å². The molecule has 5 heteroatoms. The van der Waals surface area contributed by atoms with E-state index < -0.39 is 0 Å². The Balaban J connectivity index is 1.85. The summed E-state index contributed by atoms with van der Waals surface area (Å²) >= 11 is 0. The second kappa shape index (κ2) is 5.04.